The molecular weight excluding hydrogens is 334 g/mol. The largest absolute Gasteiger partial charge is 0.381 e. The summed E-state index contributed by atoms with van der Waals surface area (Å²) < 4.78 is 5.50. The summed E-state index contributed by atoms with van der Waals surface area (Å²) in [6.07, 6.45) is 6.14. The van der Waals surface area contributed by atoms with Crippen molar-refractivity contribution >= 4 is 23.4 Å². The zero-order valence-corrected chi connectivity index (χ0v) is 14.3. The van der Waals surface area contributed by atoms with Crippen LogP contribution in [0.1, 0.15) is 34.8 Å². The first kappa shape index (κ1) is 16.5. The van der Waals surface area contributed by atoms with Crippen molar-refractivity contribution in [3.63, 3.8) is 0 Å². The lowest BCUT2D eigenvalue weighted by molar-refractivity contribution is 0.0172. The second kappa shape index (κ2) is 6.72. The topological polar surface area (TPSA) is 96.5 Å². The van der Waals surface area contributed by atoms with Gasteiger partial charge in [-0.15, -0.1) is 0 Å². The molecule has 4 rings (SSSR count). The van der Waals surface area contributed by atoms with Gasteiger partial charge in [-0.1, -0.05) is 6.07 Å². The molecule has 2 aromatic rings. The summed E-state index contributed by atoms with van der Waals surface area (Å²) in [5, 5.41) is 5.48. The Morgan fingerprint density at radius 1 is 1.31 bits per heavy atom. The molecule has 134 valence electrons. The second-order valence-corrected chi connectivity index (χ2v) is 6.33. The van der Waals surface area contributed by atoms with Gasteiger partial charge in [0.05, 0.1) is 18.3 Å². The number of rotatable bonds is 3. The van der Waals surface area contributed by atoms with Crippen LogP contribution in [0, 0.1) is 0 Å². The maximum absolute atomic E-state index is 12.7. The first-order valence-electron chi connectivity index (χ1n) is 8.48. The van der Waals surface area contributed by atoms with Crippen LogP contribution in [-0.2, 0) is 4.74 Å². The van der Waals surface area contributed by atoms with Gasteiger partial charge in [0.1, 0.15) is 0 Å². The zero-order chi connectivity index (χ0) is 18.1. The van der Waals surface area contributed by atoms with Crippen LogP contribution in [0.2, 0.25) is 0 Å². The van der Waals surface area contributed by atoms with Gasteiger partial charge in [0, 0.05) is 42.9 Å². The Balaban J connectivity index is 1.59. The summed E-state index contributed by atoms with van der Waals surface area (Å²) in [5.41, 5.74) is 2.12. The Morgan fingerprint density at radius 3 is 2.96 bits per heavy atom. The number of benzene rings is 1. The number of carbonyl (C=O) groups excluding carboxylic acids is 2. The van der Waals surface area contributed by atoms with Gasteiger partial charge in [-0.2, -0.15) is 0 Å². The van der Waals surface area contributed by atoms with E-state index in [1.165, 1.54) is 18.6 Å². The third-order valence-corrected chi connectivity index (χ3v) is 4.87. The molecule has 26 heavy (non-hydrogen) atoms. The van der Waals surface area contributed by atoms with Crippen molar-refractivity contribution in [2.45, 2.75) is 25.0 Å². The third-order valence-electron chi connectivity index (χ3n) is 4.87. The van der Waals surface area contributed by atoms with Crippen LogP contribution < -0.4 is 10.6 Å². The van der Waals surface area contributed by atoms with Gasteiger partial charge < -0.3 is 15.0 Å². The molecule has 2 aliphatic rings. The molecule has 0 spiro atoms. The van der Waals surface area contributed by atoms with Crippen molar-refractivity contribution in [2.24, 2.45) is 0 Å². The van der Waals surface area contributed by atoms with Crippen LogP contribution in [0.5, 0.6) is 0 Å². The quantitative estimate of drug-likeness (QED) is 0.883. The molecule has 0 bridgehead atoms. The van der Waals surface area contributed by atoms with Crippen molar-refractivity contribution in [1.82, 2.24) is 14.9 Å². The molecule has 0 aliphatic carbocycles. The van der Waals surface area contributed by atoms with Crippen molar-refractivity contribution in [2.75, 3.05) is 24.3 Å². The van der Waals surface area contributed by atoms with E-state index in [2.05, 4.69) is 20.6 Å². The second-order valence-electron chi connectivity index (χ2n) is 6.33. The Morgan fingerprint density at radius 2 is 2.19 bits per heavy atom. The zero-order valence-electron chi connectivity index (χ0n) is 14.3. The number of fused-ring (bicyclic) bond motifs is 3. The monoisotopic (exact) mass is 353 g/mol. The Bertz CT molecular complexity index is 842. The van der Waals surface area contributed by atoms with Crippen LogP contribution in [-0.4, -0.2) is 46.6 Å². The van der Waals surface area contributed by atoms with Crippen molar-refractivity contribution in [3.8, 4) is 0 Å². The van der Waals surface area contributed by atoms with Crippen LogP contribution in [0.15, 0.2) is 36.8 Å². The van der Waals surface area contributed by atoms with Gasteiger partial charge in [0.15, 0.2) is 5.82 Å². The summed E-state index contributed by atoms with van der Waals surface area (Å²) in [6, 6.07) is 4.89. The number of amides is 3. The number of nitrogens with zero attached hydrogens (tertiary/aromatic N) is 3. The van der Waals surface area contributed by atoms with E-state index in [4.69, 9.17) is 4.74 Å². The van der Waals surface area contributed by atoms with E-state index in [-0.39, 0.29) is 18.1 Å². The van der Waals surface area contributed by atoms with Crippen LogP contribution in [0.4, 0.5) is 16.3 Å². The molecule has 2 aliphatic heterocycles. The fourth-order valence-corrected chi connectivity index (χ4v) is 3.67. The van der Waals surface area contributed by atoms with Gasteiger partial charge in [-0.05, 0) is 25.0 Å². The molecule has 2 N–H and O–H groups in total. The number of aromatic nitrogens is 2. The average molecular weight is 353 g/mol. The molecule has 3 heterocycles. The number of piperidine rings is 1. The average Bonchev–Trinajstić information content (AvgIpc) is 2.95. The molecule has 3 amide bonds. The lowest BCUT2D eigenvalue weighted by atomic mass is 9.94. The number of hydrogen-bond acceptors (Lipinski definition) is 5. The summed E-state index contributed by atoms with van der Waals surface area (Å²) in [7, 11) is 1.69. The molecule has 0 radical (unpaired) electrons. The standard InChI is InChI=1S/C18H19N5O3/c1-26-11-5-8-23-14(9-11)16-12(17(23)24)3-2-4-13(16)21-18(25)22-15-10-19-6-7-20-15/h2-4,6-7,10-11,14H,5,8-9H2,1H3,(H2,20,21,22,25). The van der Waals surface area contributed by atoms with Gasteiger partial charge in [-0.25, -0.2) is 9.78 Å². The highest BCUT2D eigenvalue weighted by Crippen LogP contribution is 2.44. The minimum absolute atomic E-state index is 0.0116. The number of nitrogens with one attached hydrogen (secondary N) is 2. The number of carbonyl (C=O) groups is 2. The first-order valence-corrected chi connectivity index (χ1v) is 8.48. The van der Waals surface area contributed by atoms with Gasteiger partial charge in [0.2, 0.25) is 0 Å². The van der Waals surface area contributed by atoms with Gasteiger partial charge in [0.25, 0.3) is 5.91 Å². The molecular formula is C18H19N5O3. The SMILES string of the molecule is COC1CCN2C(=O)c3cccc(NC(=O)Nc4cnccn4)c3C2C1. The maximum Gasteiger partial charge on any atom is 0.324 e. The highest BCUT2D eigenvalue weighted by molar-refractivity contribution is 6.04. The minimum Gasteiger partial charge on any atom is -0.381 e. The van der Waals surface area contributed by atoms with Crippen LogP contribution in [0.3, 0.4) is 0 Å². The van der Waals surface area contributed by atoms with Crippen LogP contribution in [0.25, 0.3) is 0 Å². The summed E-state index contributed by atoms with van der Waals surface area (Å²) in [4.78, 5) is 34.8. The maximum atomic E-state index is 12.7. The van der Waals surface area contributed by atoms with Crippen molar-refractivity contribution < 1.29 is 14.3 Å². The van der Waals surface area contributed by atoms with E-state index in [1.807, 2.05) is 17.0 Å². The fraction of sp³-hybridized carbons (Fsp3) is 0.333. The smallest absolute Gasteiger partial charge is 0.324 e. The molecule has 2 unspecified atom stereocenters. The first-order chi connectivity index (χ1) is 12.7. The van der Waals surface area contributed by atoms with Gasteiger partial charge >= 0.3 is 6.03 Å². The van der Waals surface area contributed by atoms with Crippen molar-refractivity contribution in [1.29, 1.82) is 0 Å². The van der Waals surface area contributed by atoms with Crippen LogP contribution >= 0.6 is 0 Å². The minimum atomic E-state index is -0.427. The third kappa shape index (κ3) is 2.88. The van der Waals surface area contributed by atoms with E-state index in [1.54, 1.807) is 13.2 Å². The molecule has 8 nitrogen and oxygen atoms in total. The Kier molecular flexibility index (Phi) is 4.26. The Hall–Kier alpha value is -3.00. The number of methoxy groups -OCH3 is 1. The molecule has 1 aromatic heterocycles. The Labute approximate surface area is 150 Å². The van der Waals surface area contributed by atoms with E-state index in [0.717, 1.165) is 18.4 Å². The summed E-state index contributed by atoms with van der Waals surface area (Å²) in [6.45, 7) is 0.655. The predicted molar refractivity (Wildman–Crippen MR) is 94.9 cm³/mol. The molecule has 1 aromatic carbocycles. The van der Waals surface area contributed by atoms with E-state index >= 15 is 0 Å². The molecule has 8 heteroatoms. The lowest BCUT2D eigenvalue weighted by Gasteiger charge is -2.34. The van der Waals surface area contributed by atoms with E-state index in [9.17, 15) is 9.59 Å². The predicted octanol–water partition coefficient (Wildman–Crippen LogP) is 2.43. The fourth-order valence-electron chi connectivity index (χ4n) is 3.67. The van der Waals surface area contributed by atoms with E-state index in [0.29, 0.717) is 23.6 Å². The number of anilines is 2. The van der Waals surface area contributed by atoms with Crippen molar-refractivity contribution in [3.05, 3.63) is 47.9 Å². The number of urea groups is 1. The number of ether oxygens (including phenoxy) is 1. The molecule has 1 fully saturated rings. The summed E-state index contributed by atoms with van der Waals surface area (Å²) >= 11 is 0. The molecule has 2 atom stereocenters. The molecule has 1 saturated heterocycles. The normalized spacial score (nSPS) is 21.1. The highest BCUT2D eigenvalue weighted by atomic mass is 16.5. The number of hydrogen-bond donors (Lipinski definition) is 2. The summed E-state index contributed by atoms with van der Waals surface area (Å²) in [5.74, 6) is 0.366. The molecule has 0 saturated carbocycles. The van der Waals surface area contributed by atoms with Gasteiger partial charge in [-0.3, -0.25) is 15.1 Å². The highest BCUT2D eigenvalue weighted by Gasteiger charge is 2.42. The lowest BCUT2D eigenvalue weighted by Crippen LogP contribution is -2.38. The van der Waals surface area contributed by atoms with E-state index < -0.39 is 6.03 Å².